The van der Waals surface area contributed by atoms with Crippen molar-refractivity contribution in [3.63, 3.8) is 0 Å². The molecule has 4 rings (SSSR count). The number of nitrogens with one attached hydrogen (secondary N) is 1. The molecule has 0 aliphatic carbocycles. The Bertz CT molecular complexity index is 1040. The van der Waals surface area contributed by atoms with Crippen LogP contribution in [0.1, 0.15) is 29.0 Å². The van der Waals surface area contributed by atoms with E-state index in [1.807, 2.05) is 6.07 Å². The molecule has 0 aromatic heterocycles. The molecule has 2 aromatic rings. The summed E-state index contributed by atoms with van der Waals surface area (Å²) in [5.41, 5.74) is 4.43. The molecule has 0 bridgehead atoms. The van der Waals surface area contributed by atoms with Gasteiger partial charge in [-0.15, -0.1) is 0 Å². The molecular weight excluding hydrogens is 540 g/mol. The maximum atomic E-state index is 10.3. The fraction of sp³-hybridized carbons (Fsp3) is 0.625. The topological polar surface area (TPSA) is 100 Å². The third-order valence-electron chi connectivity index (χ3n) is 7.64. The van der Waals surface area contributed by atoms with Gasteiger partial charge in [-0.1, -0.05) is 30.3 Å². The van der Waals surface area contributed by atoms with Crippen molar-refractivity contribution in [3.8, 4) is 5.75 Å². The number of aliphatic hydroxyl groups is 1. The van der Waals surface area contributed by atoms with Gasteiger partial charge in [-0.25, -0.2) is 0 Å². The van der Waals surface area contributed by atoms with E-state index in [2.05, 4.69) is 46.6 Å². The monoisotopic (exact) mass is 588 g/mol. The Kier molecular flexibility index (Phi) is 13.8. The van der Waals surface area contributed by atoms with E-state index < -0.39 is 6.10 Å². The average Bonchev–Trinajstić information content (AvgIpc) is 3.02. The number of rotatable bonds is 18. The molecule has 234 valence electrons. The second-order valence-electron chi connectivity index (χ2n) is 10.8. The zero-order valence-electron chi connectivity index (χ0n) is 25.3. The molecule has 0 amide bonds. The summed E-state index contributed by atoms with van der Waals surface area (Å²) in [6.45, 7) is 7.11. The Balaban J connectivity index is 1.46. The van der Waals surface area contributed by atoms with Crippen molar-refractivity contribution < 1.29 is 38.3 Å². The van der Waals surface area contributed by atoms with Crippen LogP contribution in [0.4, 0.5) is 5.69 Å². The Labute approximate surface area is 250 Å². The van der Waals surface area contributed by atoms with E-state index in [0.717, 1.165) is 54.2 Å². The Morgan fingerprint density at radius 1 is 0.881 bits per heavy atom. The van der Waals surface area contributed by atoms with E-state index >= 15 is 0 Å². The lowest BCUT2D eigenvalue weighted by molar-refractivity contribution is -0.0856. The summed E-state index contributed by atoms with van der Waals surface area (Å²) in [5, 5.41) is 13.7. The molecule has 1 saturated heterocycles. The van der Waals surface area contributed by atoms with Gasteiger partial charge >= 0.3 is 0 Å². The average molecular weight is 589 g/mol. The third kappa shape index (κ3) is 9.62. The van der Waals surface area contributed by atoms with Crippen LogP contribution in [0.3, 0.4) is 0 Å². The lowest BCUT2D eigenvalue weighted by atomic mass is 9.85. The van der Waals surface area contributed by atoms with Gasteiger partial charge in [0, 0.05) is 53.5 Å². The molecule has 10 heteroatoms. The molecule has 2 aromatic carbocycles. The van der Waals surface area contributed by atoms with E-state index in [4.69, 9.17) is 33.2 Å². The SMILES string of the molecule is COCCCN1CCOc2ccc(CO[C@H]3CNC[C@@H](OCC(O)COC)[C@@H]3c3ccc(COCCOC)cc3)cc21. The minimum Gasteiger partial charge on any atom is -0.490 e. The van der Waals surface area contributed by atoms with Gasteiger partial charge in [0.05, 0.1) is 64.1 Å². The van der Waals surface area contributed by atoms with E-state index in [9.17, 15) is 5.11 Å². The van der Waals surface area contributed by atoms with Gasteiger partial charge in [-0.05, 0) is 35.2 Å². The van der Waals surface area contributed by atoms with Gasteiger partial charge in [0.25, 0.3) is 0 Å². The normalized spacial score (nSPS) is 21.1. The van der Waals surface area contributed by atoms with Crippen LogP contribution in [0.5, 0.6) is 5.75 Å². The first-order chi connectivity index (χ1) is 20.6. The summed E-state index contributed by atoms with van der Waals surface area (Å²) in [7, 11) is 4.98. The van der Waals surface area contributed by atoms with Crippen molar-refractivity contribution in [1.82, 2.24) is 5.32 Å². The highest BCUT2D eigenvalue weighted by atomic mass is 16.5. The van der Waals surface area contributed by atoms with Gasteiger partial charge < -0.3 is 48.5 Å². The van der Waals surface area contributed by atoms with Crippen molar-refractivity contribution in [2.75, 3.05) is 92.0 Å². The zero-order valence-corrected chi connectivity index (χ0v) is 25.3. The molecule has 1 unspecified atom stereocenters. The first-order valence-electron chi connectivity index (χ1n) is 14.9. The third-order valence-corrected chi connectivity index (χ3v) is 7.64. The second kappa shape index (κ2) is 17.7. The largest absolute Gasteiger partial charge is 0.490 e. The van der Waals surface area contributed by atoms with Crippen LogP contribution < -0.4 is 15.0 Å². The minimum atomic E-state index is -0.687. The number of methoxy groups -OCH3 is 3. The second-order valence-corrected chi connectivity index (χ2v) is 10.8. The lowest BCUT2D eigenvalue weighted by Crippen LogP contribution is -2.51. The molecule has 2 aliphatic rings. The van der Waals surface area contributed by atoms with Crippen molar-refractivity contribution >= 4 is 5.69 Å². The van der Waals surface area contributed by atoms with Crippen LogP contribution in [-0.4, -0.2) is 111 Å². The van der Waals surface area contributed by atoms with Crippen LogP contribution >= 0.6 is 0 Å². The molecule has 1 fully saturated rings. The Hall–Kier alpha value is -2.28. The highest BCUT2D eigenvalue weighted by molar-refractivity contribution is 5.61. The molecule has 4 atom stereocenters. The summed E-state index contributed by atoms with van der Waals surface area (Å²) in [6.07, 6.45) is -0.0254. The predicted octanol–water partition coefficient (Wildman–Crippen LogP) is 2.75. The van der Waals surface area contributed by atoms with E-state index in [1.165, 1.54) is 0 Å². The summed E-state index contributed by atoms with van der Waals surface area (Å²) in [5.74, 6) is 0.893. The first kappa shape index (κ1) is 32.6. The van der Waals surface area contributed by atoms with E-state index in [0.29, 0.717) is 46.1 Å². The molecule has 42 heavy (non-hydrogen) atoms. The highest BCUT2D eigenvalue weighted by Gasteiger charge is 2.36. The summed E-state index contributed by atoms with van der Waals surface area (Å²) in [4.78, 5) is 2.36. The number of benzene rings is 2. The van der Waals surface area contributed by atoms with Crippen LogP contribution in [0.25, 0.3) is 0 Å². The van der Waals surface area contributed by atoms with Crippen LogP contribution in [-0.2, 0) is 41.6 Å². The van der Waals surface area contributed by atoms with Gasteiger partial charge in [-0.3, -0.25) is 0 Å². The fourth-order valence-corrected chi connectivity index (χ4v) is 5.50. The van der Waals surface area contributed by atoms with Crippen molar-refractivity contribution in [2.24, 2.45) is 0 Å². The molecule has 2 aliphatic heterocycles. The standard InChI is InChI=1S/C32H48N2O8/c1-36-13-4-11-34-12-14-40-29-10-7-25(17-28(29)34)21-41-30-18-33-19-31(42-23-27(35)22-38-3)32(30)26-8-5-24(6-9-26)20-39-16-15-37-2/h5-10,17,27,30-33,35H,4,11-16,18-23H2,1-3H3/t27?,30-,31+,32+/m0/s1. The molecule has 2 N–H and O–H groups in total. The number of anilines is 1. The zero-order chi connectivity index (χ0) is 29.6. The van der Waals surface area contributed by atoms with Gasteiger partial charge in [-0.2, -0.15) is 0 Å². The summed E-state index contributed by atoms with van der Waals surface area (Å²) < 4.78 is 39.9. The fourth-order valence-electron chi connectivity index (χ4n) is 5.50. The van der Waals surface area contributed by atoms with Crippen molar-refractivity contribution in [2.45, 2.75) is 43.9 Å². The first-order valence-corrected chi connectivity index (χ1v) is 14.9. The number of nitrogens with zero attached hydrogens (tertiary/aromatic N) is 1. The lowest BCUT2D eigenvalue weighted by Gasteiger charge is -2.39. The van der Waals surface area contributed by atoms with Gasteiger partial charge in [0.1, 0.15) is 18.5 Å². The Morgan fingerprint density at radius 3 is 2.40 bits per heavy atom. The minimum absolute atomic E-state index is 0.0176. The molecule has 0 spiro atoms. The molecular formula is C32H48N2O8. The molecule has 0 saturated carbocycles. The Morgan fingerprint density at radius 2 is 1.64 bits per heavy atom. The summed E-state index contributed by atoms with van der Waals surface area (Å²) in [6, 6.07) is 14.8. The smallest absolute Gasteiger partial charge is 0.142 e. The van der Waals surface area contributed by atoms with Crippen LogP contribution in [0.2, 0.25) is 0 Å². The number of hydrogen-bond donors (Lipinski definition) is 2. The maximum Gasteiger partial charge on any atom is 0.142 e. The molecule has 2 heterocycles. The molecule has 10 nitrogen and oxygen atoms in total. The van der Waals surface area contributed by atoms with Crippen LogP contribution in [0, 0.1) is 0 Å². The highest BCUT2D eigenvalue weighted by Crippen LogP contribution is 2.34. The van der Waals surface area contributed by atoms with Gasteiger partial charge in [0.15, 0.2) is 0 Å². The maximum absolute atomic E-state index is 10.3. The van der Waals surface area contributed by atoms with E-state index in [-0.39, 0.29) is 31.3 Å². The van der Waals surface area contributed by atoms with Crippen molar-refractivity contribution in [1.29, 1.82) is 0 Å². The van der Waals surface area contributed by atoms with Gasteiger partial charge in [0.2, 0.25) is 0 Å². The number of aliphatic hydroxyl groups excluding tert-OH is 1. The summed E-state index contributed by atoms with van der Waals surface area (Å²) >= 11 is 0. The number of piperidine rings is 1. The van der Waals surface area contributed by atoms with Crippen molar-refractivity contribution in [3.05, 3.63) is 59.2 Å². The predicted molar refractivity (Wildman–Crippen MR) is 160 cm³/mol. The van der Waals surface area contributed by atoms with Crippen LogP contribution in [0.15, 0.2) is 42.5 Å². The number of hydrogen-bond acceptors (Lipinski definition) is 10. The number of fused-ring (bicyclic) bond motifs is 1. The van der Waals surface area contributed by atoms with E-state index in [1.54, 1.807) is 21.3 Å². The molecule has 0 radical (unpaired) electrons. The quantitative estimate of drug-likeness (QED) is 0.253. The number of ether oxygens (including phenoxy) is 7.